The van der Waals surface area contributed by atoms with Gasteiger partial charge in [0.2, 0.25) is 11.8 Å². The van der Waals surface area contributed by atoms with Crippen molar-refractivity contribution in [3.05, 3.63) is 29.8 Å². The first-order chi connectivity index (χ1) is 9.65. The molecule has 0 unspecified atom stereocenters. The van der Waals surface area contributed by atoms with Gasteiger partial charge in [0.1, 0.15) is 0 Å². The summed E-state index contributed by atoms with van der Waals surface area (Å²) in [4.78, 5) is 22.9. The third kappa shape index (κ3) is 8.32. The van der Waals surface area contributed by atoms with Crippen LogP contribution in [-0.2, 0) is 16.1 Å². The van der Waals surface area contributed by atoms with Gasteiger partial charge in [-0.3, -0.25) is 9.59 Å². The highest BCUT2D eigenvalue weighted by Gasteiger charge is 2.02. The number of hydrogen-bond donors (Lipinski definition) is 3. The summed E-state index contributed by atoms with van der Waals surface area (Å²) in [6.07, 6.45) is 1.84. The molecule has 0 bridgehead atoms. The lowest BCUT2D eigenvalue weighted by atomic mass is 10.2. The first-order valence-corrected chi connectivity index (χ1v) is 6.95. The third-order valence-corrected chi connectivity index (χ3v) is 2.81. The lowest BCUT2D eigenvalue weighted by Crippen LogP contribution is -2.26. The van der Waals surface area contributed by atoms with Crippen molar-refractivity contribution in [1.29, 1.82) is 0 Å². The standard InChI is InChI=1S/C15H23N3O2.ClH/c1-3-4-15(20)18-13-7-5-12(6-8-13)11-17-14(19)9-10-16-2;/h5-8,16H,3-4,9-11H2,1-2H3,(H,17,19)(H,18,20);1H. The minimum atomic E-state index is 0. The summed E-state index contributed by atoms with van der Waals surface area (Å²) in [5.74, 6) is 0.0558. The molecule has 118 valence electrons. The van der Waals surface area contributed by atoms with Crippen molar-refractivity contribution in [3.63, 3.8) is 0 Å². The van der Waals surface area contributed by atoms with Gasteiger partial charge in [0.15, 0.2) is 0 Å². The number of rotatable bonds is 8. The molecule has 6 heteroatoms. The summed E-state index contributed by atoms with van der Waals surface area (Å²) in [7, 11) is 1.82. The minimum Gasteiger partial charge on any atom is -0.352 e. The van der Waals surface area contributed by atoms with E-state index in [9.17, 15) is 9.59 Å². The fourth-order valence-electron chi connectivity index (χ4n) is 1.68. The fourth-order valence-corrected chi connectivity index (χ4v) is 1.68. The number of carbonyl (C=O) groups is 2. The molecule has 0 spiro atoms. The van der Waals surface area contributed by atoms with E-state index in [1.807, 2.05) is 38.2 Å². The van der Waals surface area contributed by atoms with E-state index in [-0.39, 0.29) is 24.2 Å². The molecule has 0 saturated heterocycles. The summed E-state index contributed by atoms with van der Waals surface area (Å²) in [5, 5.41) is 8.61. The van der Waals surface area contributed by atoms with Crippen LogP contribution in [0.2, 0.25) is 0 Å². The topological polar surface area (TPSA) is 70.2 Å². The van der Waals surface area contributed by atoms with Crippen LogP contribution in [0, 0.1) is 0 Å². The van der Waals surface area contributed by atoms with E-state index in [0.29, 0.717) is 25.9 Å². The molecule has 0 fully saturated rings. The smallest absolute Gasteiger partial charge is 0.224 e. The maximum atomic E-state index is 11.5. The Morgan fingerprint density at radius 3 is 2.29 bits per heavy atom. The van der Waals surface area contributed by atoms with Gasteiger partial charge in [-0.2, -0.15) is 0 Å². The van der Waals surface area contributed by atoms with Crippen LogP contribution in [0.1, 0.15) is 31.7 Å². The molecule has 0 radical (unpaired) electrons. The number of halogens is 1. The zero-order valence-electron chi connectivity index (χ0n) is 12.6. The SMILES string of the molecule is CCCC(=O)Nc1ccc(CNC(=O)CCNC)cc1.Cl. The Labute approximate surface area is 132 Å². The highest BCUT2D eigenvalue weighted by molar-refractivity contribution is 5.90. The minimum absolute atomic E-state index is 0. The van der Waals surface area contributed by atoms with E-state index in [1.165, 1.54) is 0 Å². The van der Waals surface area contributed by atoms with Crippen molar-refractivity contribution in [1.82, 2.24) is 10.6 Å². The van der Waals surface area contributed by atoms with Gasteiger partial charge >= 0.3 is 0 Å². The molecule has 3 N–H and O–H groups in total. The molecule has 0 aliphatic rings. The van der Waals surface area contributed by atoms with Crippen molar-refractivity contribution in [2.75, 3.05) is 18.9 Å². The van der Waals surface area contributed by atoms with Gasteiger partial charge in [0.25, 0.3) is 0 Å². The molecule has 1 aromatic rings. The molecule has 2 amide bonds. The van der Waals surface area contributed by atoms with Gasteiger partial charge in [-0.15, -0.1) is 12.4 Å². The molecule has 0 aliphatic heterocycles. The molecule has 21 heavy (non-hydrogen) atoms. The van der Waals surface area contributed by atoms with Crippen LogP contribution >= 0.6 is 12.4 Å². The Kier molecular flexibility index (Phi) is 10.3. The second-order valence-electron chi connectivity index (χ2n) is 4.63. The first kappa shape index (κ1) is 19.4. The van der Waals surface area contributed by atoms with Crippen LogP contribution in [0.3, 0.4) is 0 Å². The Hall–Kier alpha value is -1.59. The maximum Gasteiger partial charge on any atom is 0.224 e. The molecule has 5 nitrogen and oxygen atoms in total. The van der Waals surface area contributed by atoms with Crippen molar-refractivity contribution < 1.29 is 9.59 Å². The lowest BCUT2D eigenvalue weighted by Gasteiger charge is -2.07. The monoisotopic (exact) mass is 313 g/mol. The van der Waals surface area contributed by atoms with Gasteiger partial charge in [-0.05, 0) is 31.2 Å². The van der Waals surface area contributed by atoms with Crippen molar-refractivity contribution in [2.24, 2.45) is 0 Å². The summed E-state index contributed by atoms with van der Waals surface area (Å²) in [5.41, 5.74) is 1.80. The summed E-state index contributed by atoms with van der Waals surface area (Å²) in [6, 6.07) is 7.51. The molecule has 0 saturated carbocycles. The van der Waals surface area contributed by atoms with Crippen LogP contribution in [0.15, 0.2) is 24.3 Å². The number of anilines is 1. The van der Waals surface area contributed by atoms with E-state index >= 15 is 0 Å². The van der Waals surface area contributed by atoms with E-state index in [4.69, 9.17) is 0 Å². The largest absolute Gasteiger partial charge is 0.352 e. The zero-order valence-corrected chi connectivity index (χ0v) is 13.4. The number of benzene rings is 1. The summed E-state index contributed by atoms with van der Waals surface area (Å²) < 4.78 is 0. The zero-order chi connectivity index (χ0) is 14.8. The molecule has 0 heterocycles. The second-order valence-corrected chi connectivity index (χ2v) is 4.63. The van der Waals surface area contributed by atoms with Crippen LogP contribution in [0.5, 0.6) is 0 Å². The Morgan fingerprint density at radius 1 is 1.05 bits per heavy atom. The molecule has 1 aromatic carbocycles. The van der Waals surface area contributed by atoms with E-state index < -0.39 is 0 Å². The first-order valence-electron chi connectivity index (χ1n) is 6.95. The third-order valence-electron chi connectivity index (χ3n) is 2.81. The average Bonchev–Trinajstić information content (AvgIpc) is 2.44. The molecule has 0 aliphatic carbocycles. The maximum absolute atomic E-state index is 11.5. The van der Waals surface area contributed by atoms with Gasteiger partial charge in [-0.25, -0.2) is 0 Å². The Bertz CT molecular complexity index is 435. The van der Waals surface area contributed by atoms with Gasteiger partial charge in [-0.1, -0.05) is 19.1 Å². The molecule has 0 aromatic heterocycles. The number of amides is 2. The molecule has 0 atom stereocenters. The second kappa shape index (κ2) is 11.1. The number of hydrogen-bond acceptors (Lipinski definition) is 3. The Morgan fingerprint density at radius 2 is 1.71 bits per heavy atom. The van der Waals surface area contributed by atoms with Gasteiger partial charge < -0.3 is 16.0 Å². The molecule has 1 rings (SSSR count). The quantitative estimate of drug-likeness (QED) is 0.688. The predicted octanol–water partition coefficient (Wildman–Crippen LogP) is 2.07. The van der Waals surface area contributed by atoms with Crippen molar-refractivity contribution in [2.45, 2.75) is 32.7 Å². The van der Waals surface area contributed by atoms with E-state index in [0.717, 1.165) is 17.7 Å². The predicted molar refractivity (Wildman–Crippen MR) is 87.6 cm³/mol. The summed E-state index contributed by atoms with van der Waals surface area (Å²) >= 11 is 0. The number of carbonyl (C=O) groups excluding carboxylic acids is 2. The van der Waals surface area contributed by atoms with Crippen molar-refractivity contribution >= 4 is 29.9 Å². The fraction of sp³-hybridized carbons (Fsp3) is 0.467. The Balaban J connectivity index is 0.00000400. The van der Waals surface area contributed by atoms with E-state index in [2.05, 4.69) is 16.0 Å². The van der Waals surface area contributed by atoms with Crippen molar-refractivity contribution in [3.8, 4) is 0 Å². The van der Waals surface area contributed by atoms with Crippen LogP contribution in [0.25, 0.3) is 0 Å². The highest BCUT2D eigenvalue weighted by atomic mass is 35.5. The van der Waals surface area contributed by atoms with E-state index in [1.54, 1.807) is 0 Å². The van der Waals surface area contributed by atoms with Gasteiger partial charge in [0, 0.05) is 31.6 Å². The van der Waals surface area contributed by atoms with Crippen LogP contribution in [-0.4, -0.2) is 25.4 Å². The number of nitrogens with one attached hydrogen (secondary N) is 3. The molecular weight excluding hydrogens is 290 g/mol. The lowest BCUT2D eigenvalue weighted by molar-refractivity contribution is -0.121. The molecular formula is C15H24ClN3O2. The van der Waals surface area contributed by atoms with Crippen LogP contribution in [0.4, 0.5) is 5.69 Å². The van der Waals surface area contributed by atoms with Crippen LogP contribution < -0.4 is 16.0 Å². The average molecular weight is 314 g/mol. The highest BCUT2D eigenvalue weighted by Crippen LogP contribution is 2.10. The normalized spacial score (nSPS) is 9.62. The summed E-state index contributed by atoms with van der Waals surface area (Å²) in [6.45, 7) is 3.15. The van der Waals surface area contributed by atoms with Gasteiger partial charge in [0.05, 0.1) is 0 Å².